The van der Waals surface area contributed by atoms with Gasteiger partial charge in [0, 0.05) is 37.4 Å². The highest BCUT2D eigenvalue weighted by Gasteiger charge is 2.28. The SMILES string of the molecule is O=C(Nc1nc(CC(=O)N2CCNCC2c2cccnc2)cs1)c1ccco1. The van der Waals surface area contributed by atoms with Gasteiger partial charge in [0.1, 0.15) is 0 Å². The fraction of sp³-hybridized carbons (Fsp3) is 0.263. The van der Waals surface area contributed by atoms with E-state index in [0.29, 0.717) is 23.9 Å². The van der Waals surface area contributed by atoms with Crippen LogP contribution in [0.5, 0.6) is 0 Å². The van der Waals surface area contributed by atoms with Crippen molar-refractivity contribution in [3.63, 3.8) is 0 Å². The Labute approximate surface area is 165 Å². The number of piperazine rings is 1. The van der Waals surface area contributed by atoms with Crippen LogP contribution >= 0.6 is 11.3 Å². The van der Waals surface area contributed by atoms with E-state index in [4.69, 9.17) is 4.42 Å². The molecule has 3 aromatic heterocycles. The first-order valence-corrected chi connectivity index (χ1v) is 9.78. The van der Waals surface area contributed by atoms with Crippen molar-refractivity contribution in [3.05, 3.63) is 65.3 Å². The number of pyridine rings is 1. The Kier molecular flexibility index (Phi) is 5.45. The second-order valence-corrected chi connectivity index (χ2v) is 7.20. The van der Waals surface area contributed by atoms with E-state index in [1.165, 1.54) is 17.6 Å². The molecule has 8 nitrogen and oxygen atoms in total. The maximum Gasteiger partial charge on any atom is 0.293 e. The number of rotatable bonds is 5. The smallest absolute Gasteiger partial charge is 0.293 e. The molecule has 144 valence electrons. The van der Waals surface area contributed by atoms with E-state index < -0.39 is 0 Å². The summed E-state index contributed by atoms with van der Waals surface area (Å²) in [5.74, 6) is -0.145. The van der Waals surface area contributed by atoms with Crippen molar-refractivity contribution in [1.82, 2.24) is 20.2 Å². The lowest BCUT2D eigenvalue weighted by Gasteiger charge is -2.36. The van der Waals surface area contributed by atoms with Gasteiger partial charge in [-0.25, -0.2) is 4.98 Å². The molecule has 1 saturated heterocycles. The van der Waals surface area contributed by atoms with Gasteiger partial charge in [-0.15, -0.1) is 11.3 Å². The van der Waals surface area contributed by atoms with Gasteiger partial charge >= 0.3 is 0 Å². The molecule has 0 bridgehead atoms. The summed E-state index contributed by atoms with van der Waals surface area (Å²) < 4.78 is 5.07. The molecule has 1 atom stereocenters. The molecular formula is C19H19N5O3S. The van der Waals surface area contributed by atoms with Gasteiger partial charge in [-0.3, -0.25) is 19.9 Å². The second kappa shape index (κ2) is 8.32. The summed E-state index contributed by atoms with van der Waals surface area (Å²) in [6, 6.07) is 7.03. The molecule has 0 aromatic carbocycles. The summed E-state index contributed by atoms with van der Waals surface area (Å²) in [5.41, 5.74) is 1.64. The lowest BCUT2D eigenvalue weighted by Crippen LogP contribution is -2.49. The van der Waals surface area contributed by atoms with E-state index in [-0.39, 0.29) is 30.0 Å². The number of carbonyl (C=O) groups is 2. The first-order chi connectivity index (χ1) is 13.7. The standard InChI is InChI=1S/C19H19N5O3S/c25-17(24-7-6-21-11-15(24)13-3-1-5-20-10-13)9-14-12-28-19(22-14)23-18(26)16-4-2-8-27-16/h1-5,8,10,12,15,21H,6-7,9,11H2,(H,22,23,26). The summed E-state index contributed by atoms with van der Waals surface area (Å²) in [5, 5.41) is 8.24. The van der Waals surface area contributed by atoms with E-state index in [9.17, 15) is 9.59 Å². The number of nitrogens with one attached hydrogen (secondary N) is 2. The van der Waals surface area contributed by atoms with Crippen molar-refractivity contribution in [3.8, 4) is 0 Å². The molecule has 0 saturated carbocycles. The van der Waals surface area contributed by atoms with Gasteiger partial charge in [-0.05, 0) is 23.8 Å². The number of carbonyl (C=O) groups excluding carboxylic acids is 2. The van der Waals surface area contributed by atoms with E-state index in [1.54, 1.807) is 29.9 Å². The Morgan fingerprint density at radius 3 is 3.07 bits per heavy atom. The lowest BCUT2D eigenvalue weighted by atomic mass is 10.0. The minimum atomic E-state index is -0.365. The molecule has 9 heteroatoms. The van der Waals surface area contributed by atoms with Crippen LogP contribution in [0.3, 0.4) is 0 Å². The molecule has 1 aliphatic heterocycles. The number of anilines is 1. The molecule has 4 heterocycles. The number of thiazole rings is 1. The average Bonchev–Trinajstić information content (AvgIpc) is 3.41. The molecule has 4 rings (SSSR count). The maximum absolute atomic E-state index is 12.9. The maximum atomic E-state index is 12.9. The summed E-state index contributed by atoms with van der Waals surface area (Å²) >= 11 is 1.28. The molecule has 1 unspecified atom stereocenters. The van der Waals surface area contributed by atoms with Gasteiger partial charge in [-0.1, -0.05) is 6.07 Å². The quantitative estimate of drug-likeness (QED) is 0.684. The molecular weight excluding hydrogens is 378 g/mol. The molecule has 3 aromatic rings. The Bertz CT molecular complexity index is 942. The normalized spacial score (nSPS) is 16.7. The van der Waals surface area contributed by atoms with Crippen LogP contribution in [-0.2, 0) is 11.2 Å². The minimum Gasteiger partial charge on any atom is -0.459 e. The van der Waals surface area contributed by atoms with E-state index in [1.807, 2.05) is 17.0 Å². The Morgan fingerprint density at radius 2 is 2.29 bits per heavy atom. The first-order valence-electron chi connectivity index (χ1n) is 8.90. The lowest BCUT2D eigenvalue weighted by molar-refractivity contribution is -0.133. The average molecular weight is 397 g/mol. The van der Waals surface area contributed by atoms with Crippen LogP contribution in [0.15, 0.2) is 52.7 Å². The van der Waals surface area contributed by atoms with Crippen LogP contribution in [0.4, 0.5) is 5.13 Å². The third-order valence-electron chi connectivity index (χ3n) is 4.48. The Hall–Kier alpha value is -3.04. The number of aromatic nitrogens is 2. The molecule has 1 aliphatic rings. The topological polar surface area (TPSA) is 100 Å². The molecule has 0 radical (unpaired) electrons. The summed E-state index contributed by atoms with van der Waals surface area (Å²) in [6.45, 7) is 2.08. The monoisotopic (exact) mass is 397 g/mol. The molecule has 0 aliphatic carbocycles. The van der Waals surface area contributed by atoms with Crippen LogP contribution in [-0.4, -0.2) is 46.3 Å². The van der Waals surface area contributed by atoms with Crippen LogP contribution in [0.1, 0.15) is 27.9 Å². The minimum absolute atomic E-state index is 0.00423. The Morgan fingerprint density at radius 1 is 1.36 bits per heavy atom. The Balaban J connectivity index is 1.41. The predicted octanol–water partition coefficient (Wildman–Crippen LogP) is 2.10. The van der Waals surface area contributed by atoms with Crippen molar-refractivity contribution in [2.75, 3.05) is 25.0 Å². The van der Waals surface area contributed by atoms with Crippen LogP contribution in [0.2, 0.25) is 0 Å². The molecule has 2 N–H and O–H groups in total. The second-order valence-electron chi connectivity index (χ2n) is 6.35. The van der Waals surface area contributed by atoms with Gasteiger partial charge < -0.3 is 14.6 Å². The number of nitrogens with zero attached hydrogens (tertiary/aromatic N) is 3. The van der Waals surface area contributed by atoms with Crippen molar-refractivity contribution in [1.29, 1.82) is 0 Å². The van der Waals surface area contributed by atoms with Gasteiger partial charge in [0.2, 0.25) is 5.91 Å². The van der Waals surface area contributed by atoms with E-state index in [2.05, 4.69) is 20.6 Å². The molecule has 1 fully saturated rings. The first kappa shape index (κ1) is 18.3. The number of amides is 2. The van der Waals surface area contributed by atoms with Gasteiger partial charge in [-0.2, -0.15) is 0 Å². The zero-order valence-corrected chi connectivity index (χ0v) is 15.8. The number of hydrogen-bond donors (Lipinski definition) is 2. The van der Waals surface area contributed by atoms with Crippen molar-refractivity contribution in [2.24, 2.45) is 0 Å². The number of furan rings is 1. The summed E-state index contributed by atoms with van der Waals surface area (Å²) in [4.78, 5) is 35.3. The fourth-order valence-corrected chi connectivity index (χ4v) is 3.85. The van der Waals surface area contributed by atoms with Crippen molar-refractivity contribution < 1.29 is 14.0 Å². The summed E-state index contributed by atoms with van der Waals surface area (Å²) in [7, 11) is 0. The highest BCUT2D eigenvalue weighted by Crippen LogP contribution is 2.23. The summed E-state index contributed by atoms with van der Waals surface area (Å²) in [6.07, 6.45) is 5.14. The van der Waals surface area contributed by atoms with E-state index >= 15 is 0 Å². The fourth-order valence-electron chi connectivity index (χ4n) is 3.14. The third kappa shape index (κ3) is 4.10. The predicted molar refractivity (Wildman–Crippen MR) is 104 cm³/mol. The molecule has 28 heavy (non-hydrogen) atoms. The molecule has 0 spiro atoms. The highest BCUT2D eigenvalue weighted by molar-refractivity contribution is 7.14. The largest absolute Gasteiger partial charge is 0.459 e. The molecule has 2 amide bonds. The van der Waals surface area contributed by atoms with Gasteiger partial charge in [0.05, 0.1) is 24.4 Å². The van der Waals surface area contributed by atoms with Crippen LogP contribution in [0.25, 0.3) is 0 Å². The van der Waals surface area contributed by atoms with Crippen LogP contribution in [0, 0.1) is 0 Å². The highest BCUT2D eigenvalue weighted by atomic mass is 32.1. The van der Waals surface area contributed by atoms with Gasteiger partial charge in [0.25, 0.3) is 5.91 Å². The van der Waals surface area contributed by atoms with Crippen molar-refractivity contribution in [2.45, 2.75) is 12.5 Å². The van der Waals surface area contributed by atoms with Gasteiger partial charge in [0.15, 0.2) is 10.9 Å². The van der Waals surface area contributed by atoms with Crippen LogP contribution < -0.4 is 10.6 Å². The zero-order chi connectivity index (χ0) is 19.3. The van der Waals surface area contributed by atoms with E-state index in [0.717, 1.165) is 12.1 Å². The van der Waals surface area contributed by atoms with Crippen molar-refractivity contribution >= 4 is 28.3 Å². The third-order valence-corrected chi connectivity index (χ3v) is 5.29. The number of hydrogen-bond acceptors (Lipinski definition) is 7. The zero-order valence-electron chi connectivity index (χ0n) is 15.0.